The van der Waals surface area contributed by atoms with Crippen LogP contribution in [0.25, 0.3) is 0 Å². The summed E-state index contributed by atoms with van der Waals surface area (Å²) in [4.78, 5) is 10.7. The van der Waals surface area contributed by atoms with Crippen LogP contribution in [0.5, 0.6) is 0 Å². The SMILES string of the molecule is C.C.COC(C)OCOC(C)C(C)=O. The first-order chi connectivity index (χ1) is 5.57. The molecule has 0 aromatic carbocycles. The molecule has 0 heterocycles. The van der Waals surface area contributed by atoms with Crippen LogP contribution in [0.1, 0.15) is 35.6 Å². The highest BCUT2D eigenvalue weighted by Crippen LogP contribution is 1.95. The van der Waals surface area contributed by atoms with Gasteiger partial charge in [0.05, 0.1) is 0 Å². The second kappa shape index (κ2) is 10.6. The van der Waals surface area contributed by atoms with Crippen LogP contribution >= 0.6 is 0 Å². The standard InChI is InChI=1S/C8H16O4.2CH4/c1-6(9)7(2)11-5-12-8(3)10-4;;/h7-8H,5H2,1-4H3;2*1H4. The molecule has 0 rings (SSSR count). The van der Waals surface area contributed by atoms with E-state index in [1.807, 2.05) is 0 Å². The Kier molecular flexibility index (Phi) is 14.6. The van der Waals surface area contributed by atoms with Crippen LogP contribution < -0.4 is 0 Å². The summed E-state index contributed by atoms with van der Waals surface area (Å²) >= 11 is 0. The maximum Gasteiger partial charge on any atom is 0.158 e. The van der Waals surface area contributed by atoms with E-state index >= 15 is 0 Å². The van der Waals surface area contributed by atoms with Gasteiger partial charge in [0.2, 0.25) is 0 Å². The van der Waals surface area contributed by atoms with E-state index < -0.39 is 6.10 Å². The molecular formula is C10H24O4. The third-order valence-electron chi connectivity index (χ3n) is 1.53. The highest BCUT2D eigenvalue weighted by molar-refractivity contribution is 5.79. The van der Waals surface area contributed by atoms with Crippen molar-refractivity contribution in [1.29, 1.82) is 0 Å². The van der Waals surface area contributed by atoms with E-state index in [0.717, 1.165) is 0 Å². The highest BCUT2D eigenvalue weighted by atomic mass is 16.7. The Labute approximate surface area is 87.5 Å². The molecule has 0 N–H and O–H groups in total. The smallest absolute Gasteiger partial charge is 0.158 e. The van der Waals surface area contributed by atoms with E-state index in [1.54, 1.807) is 21.0 Å². The monoisotopic (exact) mass is 208 g/mol. The minimum atomic E-state index is -0.408. The molecular weight excluding hydrogens is 184 g/mol. The summed E-state index contributed by atoms with van der Waals surface area (Å²) < 4.78 is 14.8. The second-order valence-corrected chi connectivity index (χ2v) is 2.51. The average Bonchev–Trinajstić information content (AvgIpc) is 2.03. The summed E-state index contributed by atoms with van der Waals surface area (Å²) in [5.74, 6) is -0.0105. The summed E-state index contributed by atoms with van der Waals surface area (Å²) in [5, 5.41) is 0. The molecule has 0 aromatic heterocycles. The summed E-state index contributed by atoms with van der Waals surface area (Å²) in [6.07, 6.45) is -0.710. The fourth-order valence-electron chi connectivity index (χ4n) is 0.423. The molecule has 0 radical (unpaired) electrons. The van der Waals surface area contributed by atoms with Gasteiger partial charge in [-0.25, -0.2) is 0 Å². The zero-order valence-electron chi connectivity index (χ0n) is 7.99. The van der Waals surface area contributed by atoms with E-state index in [2.05, 4.69) is 0 Å². The maximum atomic E-state index is 10.7. The van der Waals surface area contributed by atoms with Crippen molar-refractivity contribution in [2.75, 3.05) is 13.9 Å². The number of ketones is 1. The van der Waals surface area contributed by atoms with Crippen molar-refractivity contribution >= 4 is 5.78 Å². The van der Waals surface area contributed by atoms with Gasteiger partial charge in [-0.1, -0.05) is 14.9 Å². The van der Waals surface area contributed by atoms with Gasteiger partial charge >= 0.3 is 0 Å². The van der Waals surface area contributed by atoms with Crippen molar-refractivity contribution in [3.8, 4) is 0 Å². The number of Topliss-reactive ketones (excluding diaryl/α,β-unsaturated/α-hetero) is 1. The number of carbonyl (C=O) groups is 1. The molecule has 0 aliphatic rings. The van der Waals surface area contributed by atoms with Crippen LogP contribution in [0.4, 0.5) is 0 Å². The summed E-state index contributed by atoms with van der Waals surface area (Å²) in [5.41, 5.74) is 0. The van der Waals surface area contributed by atoms with Gasteiger partial charge in [0.1, 0.15) is 6.10 Å². The number of rotatable bonds is 6. The van der Waals surface area contributed by atoms with Gasteiger partial charge in [-0.05, 0) is 20.8 Å². The van der Waals surface area contributed by atoms with E-state index in [9.17, 15) is 4.79 Å². The molecule has 0 spiro atoms. The Morgan fingerprint density at radius 2 is 1.71 bits per heavy atom. The molecule has 0 aliphatic carbocycles. The summed E-state index contributed by atoms with van der Waals surface area (Å²) in [7, 11) is 1.54. The lowest BCUT2D eigenvalue weighted by Gasteiger charge is -2.13. The predicted octanol–water partition coefficient (Wildman–Crippen LogP) is 2.22. The fourth-order valence-corrected chi connectivity index (χ4v) is 0.423. The zero-order valence-corrected chi connectivity index (χ0v) is 7.99. The van der Waals surface area contributed by atoms with Gasteiger partial charge in [0.15, 0.2) is 18.9 Å². The van der Waals surface area contributed by atoms with Crippen molar-refractivity contribution in [2.45, 2.75) is 48.0 Å². The van der Waals surface area contributed by atoms with Crippen LogP contribution in [0, 0.1) is 0 Å². The van der Waals surface area contributed by atoms with E-state index in [4.69, 9.17) is 14.2 Å². The van der Waals surface area contributed by atoms with Crippen LogP contribution in [0.2, 0.25) is 0 Å². The molecule has 0 amide bonds. The Morgan fingerprint density at radius 3 is 2.07 bits per heavy atom. The molecule has 2 unspecified atom stereocenters. The molecule has 4 heteroatoms. The first-order valence-electron chi connectivity index (χ1n) is 3.84. The van der Waals surface area contributed by atoms with Crippen LogP contribution in [0.3, 0.4) is 0 Å². The third kappa shape index (κ3) is 9.64. The molecule has 0 aromatic rings. The first kappa shape index (κ1) is 19.2. The van der Waals surface area contributed by atoms with E-state index in [1.165, 1.54) is 6.92 Å². The molecule has 88 valence electrons. The van der Waals surface area contributed by atoms with Crippen molar-refractivity contribution in [1.82, 2.24) is 0 Å². The predicted molar refractivity (Wildman–Crippen MR) is 57.1 cm³/mol. The normalized spacial score (nSPS) is 13.4. The minimum Gasteiger partial charge on any atom is -0.356 e. The van der Waals surface area contributed by atoms with Gasteiger partial charge < -0.3 is 14.2 Å². The van der Waals surface area contributed by atoms with Gasteiger partial charge in [0, 0.05) is 7.11 Å². The van der Waals surface area contributed by atoms with Gasteiger partial charge in [-0.3, -0.25) is 4.79 Å². The minimum absolute atomic E-state index is 0. The lowest BCUT2D eigenvalue weighted by molar-refractivity contribution is -0.187. The van der Waals surface area contributed by atoms with Crippen LogP contribution in [0.15, 0.2) is 0 Å². The van der Waals surface area contributed by atoms with Crippen molar-refractivity contribution in [3.05, 3.63) is 0 Å². The van der Waals surface area contributed by atoms with Crippen molar-refractivity contribution in [3.63, 3.8) is 0 Å². The van der Waals surface area contributed by atoms with E-state index in [-0.39, 0.29) is 33.7 Å². The number of hydrogen-bond donors (Lipinski definition) is 0. The number of hydrogen-bond acceptors (Lipinski definition) is 4. The largest absolute Gasteiger partial charge is 0.356 e. The van der Waals surface area contributed by atoms with Gasteiger partial charge in [-0.2, -0.15) is 0 Å². The Hall–Kier alpha value is -0.450. The van der Waals surface area contributed by atoms with Crippen molar-refractivity contribution in [2.24, 2.45) is 0 Å². The van der Waals surface area contributed by atoms with Crippen LogP contribution in [-0.2, 0) is 19.0 Å². The topological polar surface area (TPSA) is 44.8 Å². The molecule has 0 saturated carbocycles. The number of methoxy groups -OCH3 is 1. The van der Waals surface area contributed by atoms with Gasteiger partial charge in [-0.15, -0.1) is 0 Å². The Bertz CT molecular complexity index is 136. The van der Waals surface area contributed by atoms with Crippen LogP contribution in [-0.4, -0.2) is 32.1 Å². The third-order valence-corrected chi connectivity index (χ3v) is 1.53. The summed E-state index contributed by atoms with van der Waals surface area (Å²) in [6, 6.07) is 0. The van der Waals surface area contributed by atoms with Gasteiger partial charge in [0.25, 0.3) is 0 Å². The molecule has 0 aliphatic heterocycles. The quantitative estimate of drug-likeness (QED) is 0.628. The number of carbonyl (C=O) groups excluding carboxylic acids is 1. The molecule has 0 bridgehead atoms. The highest BCUT2D eigenvalue weighted by Gasteiger charge is 2.07. The van der Waals surface area contributed by atoms with E-state index in [0.29, 0.717) is 0 Å². The Balaban J connectivity index is -0.000000605. The lowest BCUT2D eigenvalue weighted by Crippen LogP contribution is -2.21. The zero-order chi connectivity index (χ0) is 9.56. The Morgan fingerprint density at radius 1 is 1.21 bits per heavy atom. The molecule has 0 fully saturated rings. The first-order valence-corrected chi connectivity index (χ1v) is 3.84. The lowest BCUT2D eigenvalue weighted by atomic mass is 10.3. The average molecular weight is 208 g/mol. The summed E-state index contributed by atoms with van der Waals surface area (Å²) in [6.45, 7) is 4.99. The number of ether oxygens (including phenoxy) is 3. The molecule has 14 heavy (non-hydrogen) atoms. The van der Waals surface area contributed by atoms with Crippen molar-refractivity contribution < 1.29 is 19.0 Å². The maximum absolute atomic E-state index is 10.7. The molecule has 4 nitrogen and oxygen atoms in total. The second-order valence-electron chi connectivity index (χ2n) is 2.51. The molecule has 2 atom stereocenters. The fraction of sp³-hybridized carbons (Fsp3) is 0.900. The molecule has 0 saturated heterocycles.